The van der Waals surface area contributed by atoms with Crippen LogP contribution in [0.25, 0.3) is 0 Å². The van der Waals surface area contributed by atoms with Gasteiger partial charge in [0.1, 0.15) is 23.8 Å². The summed E-state index contributed by atoms with van der Waals surface area (Å²) >= 11 is 0. The Balaban J connectivity index is 2.21. The molecule has 0 aromatic heterocycles. The molecule has 1 aliphatic rings. The van der Waals surface area contributed by atoms with E-state index in [1.165, 1.54) is 7.05 Å². The van der Waals surface area contributed by atoms with E-state index >= 15 is 0 Å². The number of aliphatic imine (C=N–C) groups is 1. The number of carbonyl (C=O) groups is 4. The minimum atomic E-state index is -1.21. The monoisotopic (exact) mass is 544 g/mol. The summed E-state index contributed by atoms with van der Waals surface area (Å²) in [4.78, 5) is 55.1. The Labute approximate surface area is 227 Å². The normalized spacial score (nSPS) is 15.7. The molecule has 1 fully saturated rings. The zero-order valence-electron chi connectivity index (χ0n) is 22.2. The van der Waals surface area contributed by atoms with Gasteiger partial charge in [-0.1, -0.05) is 43.5 Å². The van der Waals surface area contributed by atoms with Gasteiger partial charge in [-0.2, -0.15) is 0 Å². The number of hydrogen-bond acceptors (Lipinski definition) is 6. The van der Waals surface area contributed by atoms with Crippen LogP contribution in [0.1, 0.15) is 56.1 Å². The Morgan fingerprint density at radius 3 is 2.18 bits per heavy atom. The minimum absolute atomic E-state index is 0.0608. The predicted molar refractivity (Wildman–Crippen MR) is 147 cm³/mol. The van der Waals surface area contributed by atoms with E-state index in [1.54, 1.807) is 24.3 Å². The number of guanidine groups is 1. The van der Waals surface area contributed by atoms with Crippen LogP contribution < -0.4 is 33.2 Å². The van der Waals surface area contributed by atoms with Crippen LogP contribution in [0.3, 0.4) is 0 Å². The van der Waals surface area contributed by atoms with Crippen molar-refractivity contribution in [1.82, 2.24) is 16.0 Å². The Kier molecular flexibility index (Phi) is 12.2. The fourth-order valence-electron chi connectivity index (χ4n) is 4.68. The van der Waals surface area contributed by atoms with E-state index in [0.717, 1.165) is 19.3 Å². The molecule has 0 spiro atoms. The van der Waals surface area contributed by atoms with Crippen molar-refractivity contribution in [3.05, 3.63) is 35.4 Å². The van der Waals surface area contributed by atoms with Crippen LogP contribution in [-0.4, -0.2) is 66.3 Å². The second-order valence-electron chi connectivity index (χ2n) is 9.71. The lowest BCUT2D eigenvalue weighted by Crippen LogP contribution is -2.56. The second kappa shape index (κ2) is 15.3. The van der Waals surface area contributed by atoms with E-state index in [1.807, 2.05) is 0 Å². The smallest absolute Gasteiger partial charge is 0.326 e. The van der Waals surface area contributed by atoms with Crippen molar-refractivity contribution in [2.24, 2.45) is 34.0 Å². The Morgan fingerprint density at radius 2 is 1.64 bits per heavy atom. The van der Waals surface area contributed by atoms with Crippen LogP contribution in [0.2, 0.25) is 0 Å². The molecule has 1 aromatic carbocycles. The van der Waals surface area contributed by atoms with Gasteiger partial charge in [0.2, 0.25) is 17.7 Å². The van der Waals surface area contributed by atoms with Gasteiger partial charge in [-0.15, -0.1) is 0 Å². The van der Waals surface area contributed by atoms with Crippen LogP contribution in [0.4, 0.5) is 0 Å². The maximum atomic E-state index is 13.4. The van der Waals surface area contributed by atoms with Crippen LogP contribution in [-0.2, 0) is 25.6 Å². The average molecular weight is 545 g/mol. The fraction of sp³-hybridized carbons (Fsp3) is 0.538. The summed E-state index contributed by atoms with van der Waals surface area (Å²) in [5.41, 5.74) is 17.3. The number of nitrogens with two attached hydrogens (primary N) is 3. The quantitative estimate of drug-likeness (QED) is 0.0659. The number of aliphatic carboxylic acids is 1. The first kappa shape index (κ1) is 31.1. The van der Waals surface area contributed by atoms with Crippen molar-refractivity contribution in [1.29, 1.82) is 5.41 Å². The first-order valence-electron chi connectivity index (χ1n) is 13.1. The fourth-order valence-corrected chi connectivity index (χ4v) is 4.68. The highest BCUT2D eigenvalue weighted by Gasteiger charge is 2.36. The molecule has 13 nitrogen and oxygen atoms in total. The van der Waals surface area contributed by atoms with Gasteiger partial charge in [-0.05, 0) is 43.6 Å². The predicted octanol–water partition coefficient (Wildman–Crippen LogP) is -0.437. The van der Waals surface area contributed by atoms with Crippen molar-refractivity contribution >= 4 is 35.5 Å². The van der Waals surface area contributed by atoms with E-state index in [0.29, 0.717) is 30.4 Å². The van der Waals surface area contributed by atoms with Gasteiger partial charge in [0.05, 0.1) is 0 Å². The van der Waals surface area contributed by atoms with Gasteiger partial charge in [0.15, 0.2) is 5.96 Å². The third-order valence-corrected chi connectivity index (χ3v) is 6.85. The van der Waals surface area contributed by atoms with E-state index in [9.17, 15) is 24.3 Å². The first-order valence-corrected chi connectivity index (χ1v) is 13.1. The number of nitrogens with zero attached hydrogens (tertiary/aromatic N) is 1. The maximum absolute atomic E-state index is 13.4. The summed E-state index contributed by atoms with van der Waals surface area (Å²) < 4.78 is 0. The summed E-state index contributed by atoms with van der Waals surface area (Å²) in [5, 5.41) is 25.0. The summed E-state index contributed by atoms with van der Waals surface area (Å²) in [5.74, 6) is -4.49. The van der Waals surface area contributed by atoms with Crippen LogP contribution >= 0.6 is 0 Å². The highest BCUT2D eigenvalue weighted by Crippen LogP contribution is 2.27. The van der Waals surface area contributed by atoms with Crippen LogP contribution in [0.15, 0.2) is 29.3 Å². The second-order valence-corrected chi connectivity index (χ2v) is 9.71. The minimum Gasteiger partial charge on any atom is -0.480 e. The average Bonchev–Trinajstić information content (AvgIpc) is 2.91. The van der Waals surface area contributed by atoms with Crippen LogP contribution in [0.5, 0.6) is 0 Å². The van der Waals surface area contributed by atoms with Crippen molar-refractivity contribution in [3.8, 4) is 0 Å². The molecule has 0 aliphatic heterocycles. The van der Waals surface area contributed by atoms with Crippen molar-refractivity contribution in [3.63, 3.8) is 0 Å². The number of nitrogen functional groups attached to an aromatic ring is 1. The standard InChI is InChI=1S/C26H40N8O5/c1-31-22(35)18(14-15-9-11-17(12-10-15)21(27)28)23(36)34-20(16-6-3-2-4-7-16)24(37)33-19(25(38)39)8-5-13-32-26(29)30/h9-12,16,18-20H,2-8,13-14H2,1H3,(H3,27,28)(H,31,35)(H,33,37)(H,34,36)(H,38,39)(H4,29,30,32)/t18-,19?,20-/m0/s1. The van der Waals surface area contributed by atoms with Crippen molar-refractivity contribution < 1.29 is 24.3 Å². The molecule has 0 bridgehead atoms. The molecule has 1 unspecified atom stereocenters. The Morgan fingerprint density at radius 1 is 1.00 bits per heavy atom. The molecule has 1 aromatic rings. The summed E-state index contributed by atoms with van der Waals surface area (Å²) in [6.45, 7) is 0.214. The summed E-state index contributed by atoms with van der Waals surface area (Å²) in [6, 6.07) is 4.45. The molecule has 0 saturated heterocycles. The van der Waals surface area contributed by atoms with Gasteiger partial charge in [-0.3, -0.25) is 24.8 Å². The molecule has 1 aliphatic carbocycles. The lowest BCUT2D eigenvalue weighted by molar-refractivity contribution is -0.143. The lowest BCUT2D eigenvalue weighted by Gasteiger charge is -2.32. The molecule has 3 amide bonds. The number of rotatable bonds is 14. The zero-order chi connectivity index (χ0) is 28.9. The molecule has 2 rings (SSSR count). The third-order valence-electron chi connectivity index (χ3n) is 6.85. The SMILES string of the molecule is CNC(=O)[C@H](Cc1ccc(C(=N)N)cc1)C(=O)N[C@H](C(=O)NC(CCCN=C(N)N)C(=O)O)C1CCCCC1. The van der Waals surface area contributed by atoms with Gasteiger partial charge < -0.3 is 38.3 Å². The van der Waals surface area contributed by atoms with Crippen molar-refractivity contribution in [2.45, 2.75) is 63.5 Å². The number of carbonyl (C=O) groups excluding carboxylic acids is 3. The molecular weight excluding hydrogens is 504 g/mol. The van der Waals surface area contributed by atoms with E-state index in [4.69, 9.17) is 22.6 Å². The highest BCUT2D eigenvalue weighted by atomic mass is 16.4. The number of nitrogens with one attached hydrogen (secondary N) is 4. The van der Waals surface area contributed by atoms with Gasteiger partial charge >= 0.3 is 5.97 Å². The van der Waals surface area contributed by atoms with Gasteiger partial charge in [0, 0.05) is 19.2 Å². The molecule has 3 atom stereocenters. The summed E-state index contributed by atoms with van der Waals surface area (Å²) in [7, 11) is 1.42. The highest BCUT2D eigenvalue weighted by molar-refractivity contribution is 6.02. The number of amides is 3. The molecule has 214 valence electrons. The molecular formula is C26H40N8O5. The molecule has 0 heterocycles. The van der Waals surface area contributed by atoms with Crippen molar-refractivity contribution in [2.75, 3.05) is 13.6 Å². The Hall–Kier alpha value is -4.16. The van der Waals surface area contributed by atoms with E-state index in [2.05, 4.69) is 20.9 Å². The molecule has 1 saturated carbocycles. The Bertz CT molecular complexity index is 1050. The third kappa shape index (κ3) is 9.91. The van der Waals surface area contributed by atoms with Gasteiger partial charge in [-0.25, -0.2) is 4.79 Å². The molecule has 13 heteroatoms. The number of benzene rings is 1. The van der Waals surface area contributed by atoms with Crippen LogP contribution in [0, 0.1) is 17.2 Å². The van der Waals surface area contributed by atoms with E-state index < -0.39 is 41.7 Å². The topological polar surface area (TPSA) is 239 Å². The van der Waals surface area contributed by atoms with E-state index in [-0.39, 0.29) is 37.1 Å². The molecule has 39 heavy (non-hydrogen) atoms. The first-order chi connectivity index (χ1) is 18.5. The largest absolute Gasteiger partial charge is 0.480 e. The zero-order valence-corrected chi connectivity index (χ0v) is 22.2. The summed E-state index contributed by atoms with van der Waals surface area (Å²) in [6.07, 6.45) is 4.65. The molecule has 11 N–H and O–H groups in total. The number of amidine groups is 1. The maximum Gasteiger partial charge on any atom is 0.326 e. The lowest BCUT2D eigenvalue weighted by atomic mass is 9.83. The number of carboxylic acids is 1. The van der Waals surface area contributed by atoms with Gasteiger partial charge in [0.25, 0.3) is 0 Å². The molecule has 0 radical (unpaired) electrons. The number of carboxylic acid groups (broad SMARTS) is 1. The number of hydrogen-bond donors (Lipinski definition) is 8.